The third kappa shape index (κ3) is 2.31. The molecule has 1 atom stereocenters. The number of anilines is 1. The van der Waals surface area contributed by atoms with E-state index in [2.05, 4.69) is 20.6 Å². The zero-order chi connectivity index (χ0) is 14.9. The normalized spacial score (nSPS) is 18.0. The lowest BCUT2D eigenvalue weighted by Gasteiger charge is -2.13. The fraction of sp³-hybridized carbons (Fsp3) is 0.312. The number of aromatic nitrogens is 4. The molecule has 1 saturated heterocycles. The molecule has 0 radical (unpaired) electrons. The fourth-order valence-electron chi connectivity index (χ4n) is 2.86. The Bertz CT molecular complexity index is 803. The van der Waals surface area contributed by atoms with E-state index in [-0.39, 0.29) is 0 Å². The average Bonchev–Trinajstić information content (AvgIpc) is 3.19. The molecule has 6 heteroatoms. The molecule has 1 aliphatic heterocycles. The average molecular weight is 294 g/mol. The van der Waals surface area contributed by atoms with Gasteiger partial charge in [0.25, 0.3) is 0 Å². The molecule has 22 heavy (non-hydrogen) atoms. The van der Waals surface area contributed by atoms with E-state index in [1.54, 1.807) is 6.20 Å². The number of fused-ring (bicyclic) bond motifs is 1. The summed E-state index contributed by atoms with van der Waals surface area (Å²) >= 11 is 0. The van der Waals surface area contributed by atoms with Gasteiger partial charge in [0.05, 0.1) is 23.8 Å². The van der Waals surface area contributed by atoms with Crippen LogP contribution in [0.2, 0.25) is 0 Å². The van der Waals surface area contributed by atoms with E-state index in [0.29, 0.717) is 6.04 Å². The first-order valence-corrected chi connectivity index (χ1v) is 7.54. The molecule has 1 fully saturated rings. The quantitative estimate of drug-likeness (QED) is 0.772. The molecule has 112 valence electrons. The Morgan fingerprint density at radius 1 is 1.27 bits per heavy atom. The maximum atomic E-state index is 4.77. The fourth-order valence-corrected chi connectivity index (χ4v) is 2.86. The number of nitrogens with one attached hydrogen (secondary N) is 2. The summed E-state index contributed by atoms with van der Waals surface area (Å²) in [7, 11) is 0. The van der Waals surface area contributed by atoms with Crippen molar-refractivity contribution >= 4 is 11.5 Å². The Labute approximate surface area is 128 Å². The van der Waals surface area contributed by atoms with Crippen LogP contribution in [0.5, 0.6) is 0 Å². The summed E-state index contributed by atoms with van der Waals surface area (Å²) in [5, 5.41) is 6.80. The van der Waals surface area contributed by atoms with Crippen LogP contribution in [-0.4, -0.2) is 38.5 Å². The van der Waals surface area contributed by atoms with Gasteiger partial charge in [-0.3, -0.25) is 9.38 Å². The van der Waals surface area contributed by atoms with Crippen molar-refractivity contribution in [3.63, 3.8) is 0 Å². The molecule has 3 aromatic rings. The standard InChI is InChI=1S/C16H18N6/c1-11-16(13-9-19-15-4-2-3-7-22(13)15)21-14(10-18-11)20-12-5-6-17-8-12/h2-4,7,9-10,12,17H,5-6,8H2,1H3,(H,20,21)/t12-/m1/s1. The molecule has 6 nitrogen and oxygen atoms in total. The minimum Gasteiger partial charge on any atom is -0.365 e. The Morgan fingerprint density at radius 3 is 3.09 bits per heavy atom. The topological polar surface area (TPSA) is 67.1 Å². The van der Waals surface area contributed by atoms with Crippen LogP contribution >= 0.6 is 0 Å². The first kappa shape index (κ1) is 13.2. The lowest BCUT2D eigenvalue weighted by molar-refractivity contribution is 0.786. The molecular weight excluding hydrogens is 276 g/mol. The van der Waals surface area contributed by atoms with Gasteiger partial charge < -0.3 is 10.6 Å². The minimum atomic E-state index is 0.423. The molecule has 1 aliphatic rings. The van der Waals surface area contributed by atoms with Gasteiger partial charge in [0.2, 0.25) is 0 Å². The molecule has 4 heterocycles. The van der Waals surface area contributed by atoms with Crippen LogP contribution in [0.4, 0.5) is 5.82 Å². The van der Waals surface area contributed by atoms with Gasteiger partial charge in [-0.15, -0.1) is 0 Å². The molecular formula is C16H18N6. The van der Waals surface area contributed by atoms with Crippen LogP contribution in [0.1, 0.15) is 12.1 Å². The molecule has 0 aromatic carbocycles. The van der Waals surface area contributed by atoms with Gasteiger partial charge in [0, 0.05) is 18.8 Å². The summed E-state index contributed by atoms with van der Waals surface area (Å²) in [6.07, 6.45) is 6.77. The van der Waals surface area contributed by atoms with Gasteiger partial charge in [0.1, 0.15) is 17.2 Å². The lowest BCUT2D eigenvalue weighted by Crippen LogP contribution is -2.23. The molecule has 0 saturated carbocycles. The lowest BCUT2D eigenvalue weighted by atomic mass is 10.2. The van der Waals surface area contributed by atoms with Crippen molar-refractivity contribution in [2.75, 3.05) is 18.4 Å². The highest BCUT2D eigenvalue weighted by molar-refractivity contribution is 5.63. The predicted molar refractivity (Wildman–Crippen MR) is 85.9 cm³/mol. The zero-order valence-electron chi connectivity index (χ0n) is 12.5. The number of hydrogen-bond acceptors (Lipinski definition) is 5. The van der Waals surface area contributed by atoms with Crippen molar-refractivity contribution in [3.05, 3.63) is 42.5 Å². The summed E-state index contributed by atoms with van der Waals surface area (Å²) in [6, 6.07) is 6.38. The summed E-state index contributed by atoms with van der Waals surface area (Å²) in [4.78, 5) is 13.7. The van der Waals surface area contributed by atoms with Crippen molar-refractivity contribution in [3.8, 4) is 11.4 Å². The Morgan fingerprint density at radius 2 is 2.23 bits per heavy atom. The van der Waals surface area contributed by atoms with Crippen LogP contribution in [0.25, 0.3) is 17.0 Å². The Balaban J connectivity index is 1.74. The van der Waals surface area contributed by atoms with E-state index in [1.807, 2.05) is 41.9 Å². The molecule has 0 spiro atoms. The van der Waals surface area contributed by atoms with Gasteiger partial charge in [-0.25, -0.2) is 9.97 Å². The van der Waals surface area contributed by atoms with Crippen LogP contribution in [0.3, 0.4) is 0 Å². The number of imidazole rings is 1. The van der Waals surface area contributed by atoms with Crippen LogP contribution in [0.15, 0.2) is 36.8 Å². The first-order chi connectivity index (χ1) is 10.8. The van der Waals surface area contributed by atoms with Crippen LogP contribution in [0, 0.1) is 6.92 Å². The second-order valence-corrected chi connectivity index (χ2v) is 5.60. The number of aryl methyl sites for hydroxylation is 1. The highest BCUT2D eigenvalue weighted by atomic mass is 15.1. The Kier molecular flexibility index (Phi) is 3.23. The zero-order valence-corrected chi connectivity index (χ0v) is 12.5. The molecule has 2 N–H and O–H groups in total. The monoisotopic (exact) mass is 294 g/mol. The summed E-state index contributed by atoms with van der Waals surface area (Å²) < 4.78 is 2.04. The van der Waals surface area contributed by atoms with Gasteiger partial charge in [0.15, 0.2) is 0 Å². The van der Waals surface area contributed by atoms with Crippen molar-refractivity contribution in [1.82, 2.24) is 24.7 Å². The summed E-state index contributed by atoms with van der Waals surface area (Å²) in [6.45, 7) is 4.00. The van der Waals surface area contributed by atoms with Gasteiger partial charge in [-0.05, 0) is 32.0 Å². The maximum absolute atomic E-state index is 4.77. The molecule has 4 rings (SSSR count). The smallest absolute Gasteiger partial charge is 0.145 e. The van der Waals surface area contributed by atoms with E-state index in [0.717, 1.165) is 48.1 Å². The van der Waals surface area contributed by atoms with Crippen molar-refractivity contribution in [1.29, 1.82) is 0 Å². The number of nitrogens with zero attached hydrogens (tertiary/aromatic N) is 4. The van der Waals surface area contributed by atoms with E-state index < -0.39 is 0 Å². The van der Waals surface area contributed by atoms with E-state index in [1.165, 1.54) is 0 Å². The molecule has 3 aromatic heterocycles. The third-order valence-corrected chi connectivity index (χ3v) is 4.03. The maximum Gasteiger partial charge on any atom is 0.145 e. The second-order valence-electron chi connectivity index (χ2n) is 5.60. The highest BCUT2D eigenvalue weighted by Gasteiger charge is 2.16. The van der Waals surface area contributed by atoms with Crippen molar-refractivity contribution in [2.24, 2.45) is 0 Å². The first-order valence-electron chi connectivity index (χ1n) is 7.54. The number of hydrogen-bond donors (Lipinski definition) is 2. The Hall–Kier alpha value is -2.47. The summed E-state index contributed by atoms with van der Waals surface area (Å²) in [5.41, 5.74) is 3.65. The van der Waals surface area contributed by atoms with Crippen molar-refractivity contribution in [2.45, 2.75) is 19.4 Å². The highest BCUT2D eigenvalue weighted by Crippen LogP contribution is 2.23. The SMILES string of the molecule is Cc1ncc(N[C@@H]2CCNC2)nc1-c1cnc2ccccn12. The third-order valence-electron chi connectivity index (χ3n) is 4.03. The predicted octanol–water partition coefficient (Wildman–Crippen LogP) is 1.87. The van der Waals surface area contributed by atoms with Gasteiger partial charge in [-0.2, -0.15) is 0 Å². The molecule has 0 unspecified atom stereocenters. The van der Waals surface area contributed by atoms with Crippen LogP contribution in [-0.2, 0) is 0 Å². The number of pyridine rings is 1. The van der Waals surface area contributed by atoms with Crippen LogP contribution < -0.4 is 10.6 Å². The van der Waals surface area contributed by atoms with E-state index in [4.69, 9.17) is 4.98 Å². The summed E-state index contributed by atoms with van der Waals surface area (Å²) in [5.74, 6) is 0.820. The largest absolute Gasteiger partial charge is 0.365 e. The van der Waals surface area contributed by atoms with E-state index >= 15 is 0 Å². The minimum absolute atomic E-state index is 0.423. The van der Waals surface area contributed by atoms with Gasteiger partial charge in [-0.1, -0.05) is 6.07 Å². The molecule has 0 aliphatic carbocycles. The molecule has 0 bridgehead atoms. The second kappa shape index (κ2) is 5.38. The van der Waals surface area contributed by atoms with Crippen molar-refractivity contribution < 1.29 is 0 Å². The van der Waals surface area contributed by atoms with Gasteiger partial charge >= 0.3 is 0 Å². The molecule has 0 amide bonds. The van der Waals surface area contributed by atoms with E-state index in [9.17, 15) is 0 Å². The number of rotatable bonds is 3.